The van der Waals surface area contributed by atoms with E-state index in [1.165, 1.54) is 5.56 Å². The molecule has 0 unspecified atom stereocenters. The normalized spacial score (nSPS) is 15.4. The van der Waals surface area contributed by atoms with Gasteiger partial charge in [0.1, 0.15) is 11.6 Å². The molecule has 0 aromatic heterocycles. The van der Waals surface area contributed by atoms with E-state index in [4.69, 9.17) is 16.3 Å². The Morgan fingerprint density at radius 1 is 1.00 bits per heavy atom. The Labute approximate surface area is 203 Å². The highest BCUT2D eigenvalue weighted by Gasteiger charge is 2.26. The summed E-state index contributed by atoms with van der Waals surface area (Å²) in [7, 11) is 0. The molecule has 0 aliphatic carbocycles. The summed E-state index contributed by atoms with van der Waals surface area (Å²) in [6.45, 7) is 5.26. The van der Waals surface area contributed by atoms with Crippen molar-refractivity contribution in [2.24, 2.45) is 0 Å². The number of halogens is 3. The molecule has 0 bridgehead atoms. The predicted molar refractivity (Wildman–Crippen MR) is 129 cm³/mol. The molecular formula is C27H27ClF2N2O2. The Bertz CT molecular complexity index is 1130. The van der Waals surface area contributed by atoms with Crippen LogP contribution in [0.1, 0.15) is 33.2 Å². The minimum Gasteiger partial charge on any atom is -0.368 e. The van der Waals surface area contributed by atoms with Gasteiger partial charge in [-0.3, -0.25) is 9.69 Å². The van der Waals surface area contributed by atoms with Crippen LogP contribution in [0, 0.1) is 18.6 Å². The molecule has 1 saturated heterocycles. The van der Waals surface area contributed by atoms with E-state index in [9.17, 15) is 13.6 Å². The molecule has 1 atom stereocenters. The predicted octanol–water partition coefficient (Wildman–Crippen LogP) is 5.64. The molecule has 0 saturated carbocycles. The molecule has 0 spiro atoms. The maximum absolute atomic E-state index is 14.0. The lowest BCUT2D eigenvalue weighted by atomic mass is 10.1. The third-order valence-corrected chi connectivity index (χ3v) is 6.27. The fourth-order valence-electron chi connectivity index (χ4n) is 4.13. The van der Waals surface area contributed by atoms with Crippen LogP contribution in [0.4, 0.5) is 8.78 Å². The highest BCUT2D eigenvalue weighted by molar-refractivity contribution is 6.30. The average Bonchev–Trinajstić information content (AvgIpc) is 2.84. The molecule has 1 amide bonds. The zero-order valence-electron chi connectivity index (χ0n) is 19.0. The number of carbonyl (C=O) groups excluding carboxylic acids is 1. The molecular weight excluding hydrogens is 458 g/mol. The lowest BCUT2D eigenvalue weighted by Gasteiger charge is -2.36. The summed E-state index contributed by atoms with van der Waals surface area (Å²) in [6.07, 6.45) is -0.180. The second-order valence-corrected chi connectivity index (χ2v) is 8.99. The Hall–Kier alpha value is -2.80. The zero-order valence-corrected chi connectivity index (χ0v) is 19.8. The first-order chi connectivity index (χ1) is 16.4. The van der Waals surface area contributed by atoms with Crippen molar-refractivity contribution in [2.75, 3.05) is 32.7 Å². The smallest absolute Gasteiger partial charge is 0.257 e. The number of rotatable bonds is 7. The van der Waals surface area contributed by atoms with Gasteiger partial charge in [-0.2, -0.15) is 0 Å². The van der Waals surface area contributed by atoms with E-state index in [-0.39, 0.29) is 11.7 Å². The van der Waals surface area contributed by atoms with Crippen LogP contribution in [-0.2, 0) is 11.3 Å². The van der Waals surface area contributed by atoms with Crippen molar-refractivity contribution >= 4 is 17.5 Å². The van der Waals surface area contributed by atoms with Gasteiger partial charge in [0.2, 0.25) is 0 Å². The average molecular weight is 485 g/mol. The van der Waals surface area contributed by atoms with Crippen LogP contribution < -0.4 is 0 Å². The number of ether oxygens (including phenoxy) is 1. The highest BCUT2D eigenvalue weighted by atomic mass is 35.5. The minimum absolute atomic E-state index is 0.180. The van der Waals surface area contributed by atoms with Crippen molar-refractivity contribution in [1.29, 1.82) is 0 Å². The van der Waals surface area contributed by atoms with Gasteiger partial charge in [-0.1, -0.05) is 53.6 Å². The molecule has 34 heavy (non-hydrogen) atoms. The summed E-state index contributed by atoms with van der Waals surface area (Å²) < 4.78 is 33.9. The fraction of sp³-hybridized carbons (Fsp3) is 0.296. The quantitative estimate of drug-likeness (QED) is 0.435. The van der Waals surface area contributed by atoms with E-state index in [0.29, 0.717) is 44.4 Å². The lowest BCUT2D eigenvalue weighted by Crippen LogP contribution is -2.49. The SMILES string of the molecule is Cc1cccc(CO[C@H](CN2CCN(C(=O)c3cc(F)ccc3F)CC2)c2ccc(Cl)cc2)c1. The van der Waals surface area contributed by atoms with Crippen LogP contribution in [0.15, 0.2) is 66.7 Å². The number of aryl methyl sites for hydroxylation is 1. The molecule has 4 nitrogen and oxygen atoms in total. The number of piperazine rings is 1. The van der Waals surface area contributed by atoms with Gasteiger partial charge in [-0.15, -0.1) is 0 Å². The van der Waals surface area contributed by atoms with E-state index >= 15 is 0 Å². The van der Waals surface area contributed by atoms with Gasteiger partial charge in [0.25, 0.3) is 5.91 Å². The third-order valence-electron chi connectivity index (χ3n) is 6.02. The molecule has 3 aromatic rings. The van der Waals surface area contributed by atoms with Crippen molar-refractivity contribution in [1.82, 2.24) is 9.80 Å². The second-order valence-electron chi connectivity index (χ2n) is 8.56. The van der Waals surface area contributed by atoms with Crippen molar-refractivity contribution < 1.29 is 18.3 Å². The van der Waals surface area contributed by atoms with E-state index < -0.39 is 17.5 Å². The van der Waals surface area contributed by atoms with Crippen LogP contribution in [0.3, 0.4) is 0 Å². The summed E-state index contributed by atoms with van der Waals surface area (Å²) >= 11 is 6.08. The number of amides is 1. The molecule has 1 fully saturated rings. The molecule has 178 valence electrons. The van der Waals surface area contributed by atoms with Gasteiger partial charge in [0.15, 0.2) is 0 Å². The number of carbonyl (C=O) groups is 1. The van der Waals surface area contributed by atoms with Crippen LogP contribution in [0.2, 0.25) is 5.02 Å². The molecule has 1 aliphatic rings. The standard InChI is InChI=1S/C27H27ClF2N2O2/c1-19-3-2-4-20(15-19)18-34-26(21-5-7-22(28)8-6-21)17-31-11-13-32(14-12-31)27(33)24-16-23(29)9-10-25(24)30/h2-10,15-16,26H,11-14,17-18H2,1H3/t26-/m1/s1. The van der Waals surface area contributed by atoms with Crippen molar-refractivity contribution in [3.63, 3.8) is 0 Å². The van der Waals surface area contributed by atoms with Crippen molar-refractivity contribution in [3.05, 3.63) is 106 Å². The second kappa shape index (κ2) is 11.1. The first-order valence-corrected chi connectivity index (χ1v) is 11.7. The summed E-state index contributed by atoms with van der Waals surface area (Å²) in [5.41, 5.74) is 3.08. The topological polar surface area (TPSA) is 32.8 Å². The molecule has 0 radical (unpaired) electrons. The minimum atomic E-state index is -0.707. The van der Waals surface area contributed by atoms with Crippen LogP contribution in [-0.4, -0.2) is 48.4 Å². The van der Waals surface area contributed by atoms with E-state index in [2.05, 4.69) is 24.0 Å². The largest absolute Gasteiger partial charge is 0.368 e. The van der Waals surface area contributed by atoms with E-state index in [1.54, 1.807) is 4.90 Å². The summed E-state index contributed by atoms with van der Waals surface area (Å²) in [4.78, 5) is 16.5. The number of hydrogen-bond acceptors (Lipinski definition) is 3. The van der Waals surface area contributed by atoms with Gasteiger partial charge in [0.05, 0.1) is 18.3 Å². The van der Waals surface area contributed by atoms with E-state index in [1.807, 2.05) is 36.4 Å². The first-order valence-electron chi connectivity index (χ1n) is 11.3. The van der Waals surface area contributed by atoms with Gasteiger partial charge in [-0.25, -0.2) is 8.78 Å². The Kier molecular flexibility index (Phi) is 7.93. The zero-order chi connectivity index (χ0) is 24.1. The summed E-state index contributed by atoms with van der Waals surface area (Å²) in [5, 5.41) is 0.665. The number of benzene rings is 3. The molecule has 4 rings (SSSR count). The lowest BCUT2D eigenvalue weighted by molar-refractivity contribution is 0.00336. The highest BCUT2D eigenvalue weighted by Crippen LogP contribution is 2.24. The monoisotopic (exact) mass is 484 g/mol. The Balaban J connectivity index is 1.40. The Morgan fingerprint density at radius 2 is 1.74 bits per heavy atom. The third kappa shape index (κ3) is 6.20. The molecule has 0 N–H and O–H groups in total. The van der Waals surface area contributed by atoms with Crippen LogP contribution in [0.5, 0.6) is 0 Å². The number of hydrogen-bond donors (Lipinski definition) is 0. The molecule has 7 heteroatoms. The van der Waals surface area contributed by atoms with Crippen molar-refractivity contribution in [3.8, 4) is 0 Å². The van der Waals surface area contributed by atoms with Gasteiger partial charge in [-0.05, 0) is 48.4 Å². The molecule has 1 aliphatic heterocycles. The fourth-order valence-corrected chi connectivity index (χ4v) is 4.26. The van der Waals surface area contributed by atoms with Gasteiger partial charge in [0, 0.05) is 37.7 Å². The first kappa shape index (κ1) is 24.3. The Morgan fingerprint density at radius 3 is 2.44 bits per heavy atom. The molecule has 3 aromatic carbocycles. The van der Waals surface area contributed by atoms with Crippen LogP contribution >= 0.6 is 11.6 Å². The van der Waals surface area contributed by atoms with Crippen LogP contribution in [0.25, 0.3) is 0 Å². The number of nitrogens with zero attached hydrogens (tertiary/aromatic N) is 2. The summed E-state index contributed by atoms with van der Waals surface area (Å²) in [5.74, 6) is -1.82. The maximum atomic E-state index is 14.0. The summed E-state index contributed by atoms with van der Waals surface area (Å²) in [6, 6.07) is 18.8. The van der Waals surface area contributed by atoms with Gasteiger partial charge < -0.3 is 9.64 Å². The van der Waals surface area contributed by atoms with E-state index in [0.717, 1.165) is 29.3 Å². The maximum Gasteiger partial charge on any atom is 0.257 e. The molecule has 1 heterocycles. The van der Waals surface area contributed by atoms with Gasteiger partial charge >= 0.3 is 0 Å². The van der Waals surface area contributed by atoms with Crippen molar-refractivity contribution in [2.45, 2.75) is 19.6 Å².